The first-order valence-electron chi connectivity index (χ1n) is 8.59. The highest BCUT2D eigenvalue weighted by atomic mass is 32.2. The second-order valence-electron chi connectivity index (χ2n) is 6.39. The van der Waals surface area contributed by atoms with Crippen LogP contribution in [0.15, 0.2) is 63.6 Å². The predicted molar refractivity (Wildman–Crippen MR) is 112 cm³/mol. The molecule has 0 atom stereocenters. The van der Waals surface area contributed by atoms with Gasteiger partial charge in [0.15, 0.2) is 5.17 Å². The zero-order valence-corrected chi connectivity index (χ0v) is 16.1. The van der Waals surface area contributed by atoms with Crippen molar-refractivity contribution in [2.75, 3.05) is 0 Å². The zero-order valence-electron chi connectivity index (χ0n) is 15.3. The molecule has 8 heteroatoms. The minimum atomic E-state index is -0.471. The molecule has 0 aliphatic carbocycles. The average Bonchev–Trinajstić information content (AvgIpc) is 3.01. The number of nitrogens with one attached hydrogen (secondary N) is 1. The molecule has 1 saturated heterocycles. The molecule has 0 radical (unpaired) electrons. The summed E-state index contributed by atoms with van der Waals surface area (Å²) in [6.45, 7) is 4.26. The van der Waals surface area contributed by atoms with Gasteiger partial charge in [0, 0.05) is 17.7 Å². The Bertz CT molecular complexity index is 995. The molecule has 1 aliphatic rings. The Kier molecular flexibility index (Phi) is 6.00. The molecule has 0 unspecified atom stereocenters. The van der Waals surface area contributed by atoms with Gasteiger partial charge in [-0.15, -0.1) is 5.10 Å². The molecule has 2 aromatic carbocycles. The maximum absolute atomic E-state index is 12.1. The minimum Gasteiger partial charge on any atom is -0.299 e. The summed E-state index contributed by atoms with van der Waals surface area (Å²) >= 11 is 1.20. The fraction of sp³-hybridized carbons (Fsp3) is 0.150. The van der Waals surface area contributed by atoms with E-state index >= 15 is 0 Å². The number of nitro groups is 1. The summed E-state index contributed by atoms with van der Waals surface area (Å²) < 4.78 is 0. The number of hydrogen-bond acceptors (Lipinski definition) is 6. The molecular formula is C20H18N4O3S. The predicted octanol–water partition coefficient (Wildman–Crippen LogP) is 4.31. The van der Waals surface area contributed by atoms with Crippen molar-refractivity contribution in [2.24, 2.45) is 10.2 Å². The normalized spacial score (nSPS) is 17.0. The standard InChI is InChI=1S/C20H18N4O3S/c1-13(2)16-8-6-14(7-9-16)11-18-19(25)22-20(28-18)23-21-12-15-4-3-5-17(10-15)24(26)27/h3-13H,1-2H3,(H,22,23,25)/b18-11-,21-12?. The third-order valence-corrected chi connectivity index (χ3v) is 4.89. The summed E-state index contributed by atoms with van der Waals surface area (Å²) in [6, 6.07) is 14.1. The van der Waals surface area contributed by atoms with Crippen molar-refractivity contribution >= 4 is 40.8 Å². The number of carbonyl (C=O) groups excluding carboxylic acids is 1. The highest BCUT2D eigenvalue weighted by Gasteiger charge is 2.23. The van der Waals surface area contributed by atoms with Crippen LogP contribution in [0.3, 0.4) is 0 Å². The van der Waals surface area contributed by atoms with Crippen LogP contribution in [0.4, 0.5) is 5.69 Å². The van der Waals surface area contributed by atoms with Gasteiger partial charge >= 0.3 is 0 Å². The first-order valence-corrected chi connectivity index (χ1v) is 9.40. The largest absolute Gasteiger partial charge is 0.299 e. The lowest BCUT2D eigenvalue weighted by molar-refractivity contribution is -0.384. The molecule has 0 bridgehead atoms. The van der Waals surface area contributed by atoms with Crippen molar-refractivity contribution in [1.29, 1.82) is 0 Å². The van der Waals surface area contributed by atoms with Crippen LogP contribution in [-0.2, 0) is 4.79 Å². The second kappa shape index (κ2) is 8.62. The SMILES string of the molecule is CC(C)c1ccc(/C=C2\SC(=NN=Cc3cccc([N+](=O)[O-])c3)NC2=O)cc1. The monoisotopic (exact) mass is 394 g/mol. The molecule has 1 N–H and O–H groups in total. The van der Waals surface area contributed by atoms with Crippen LogP contribution in [0.2, 0.25) is 0 Å². The highest BCUT2D eigenvalue weighted by molar-refractivity contribution is 8.18. The molecule has 7 nitrogen and oxygen atoms in total. The smallest absolute Gasteiger partial charge is 0.270 e. The van der Waals surface area contributed by atoms with Gasteiger partial charge in [0.1, 0.15) is 0 Å². The first kappa shape index (κ1) is 19.5. The molecule has 3 rings (SSSR count). The van der Waals surface area contributed by atoms with E-state index in [1.165, 1.54) is 35.7 Å². The summed E-state index contributed by atoms with van der Waals surface area (Å²) in [5, 5.41) is 21.7. The molecule has 2 aromatic rings. The molecule has 0 aromatic heterocycles. The van der Waals surface area contributed by atoms with E-state index in [0.717, 1.165) is 5.56 Å². The van der Waals surface area contributed by atoms with Crippen LogP contribution < -0.4 is 5.32 Å². The number of amidine groups is 1. The fourth-order valence-corrected chi connectivity index (χ4v) is 3.25. The van der Waals surface area contributed by atoms with Gasteiger partial charge in [-0.2, -0.15) is 5.10 Å². The lowest BCUT2D eigenvalue weighted by Crippen LogP contribution is -2.19. The number of carbonyl (C=O) groups is 1. The summed E-state index contributed by atoms with van der Waals surface area (Å²) in [5.74, 6) is 0.218. The summed E-state index contributed by atoms with van der Waals surface area (Å²) in [6.07, 6.45) is 3.20. The number of nitrogens with zero attached hydrogens (tertiary/aromatic N) is 3. The molecule has 1 heterocycles. The van der Waals surface area contributed by atoms with Crippen molar-refractivity contribution in [3.63, 3.8) is 0 Å². The van der Waals surface area contributed by atoms with Gasteiger partial charge in [0.05, 0.1) is 16.0 Å². The van der Waals surface area contributed by atoms with Crippen LogP contribution >= 0.6 is 11.8 Å². The number of benzene rings is 2. The Morgan fingerprint density at radius 3 is 2.57 bits per heavy atom. The van der Waals surface area contributed by atoms with Crippen LogP contribution in [0.25, 0.3) is 6.08 Å². The van der Waals surface area contributed by atoms with Crippen LogP contribution in [-0.4, -0.2) is 22.2 Å². The maximum atomic E-state index is 12.1. The molecular weight excluding hydrogens is 376 g/mol. The van der Waals surface area contributed by atoms with Gasteiger partial charge in [-0.3, -0.25) is 20.2 Å². The minimum absolute atomic E-state index is 0.0196. The summed E-state index contributed by atoms with van der Waals surface area (Å²) in [4.78, 5) is 23.0. The number of rotatable bonds is 5. The van der Waals surface area contributed by atoms with Crippen molar-refractivity contribution < 1.29 is 9.72 Å². The van der Waals surface area contributed by atoms with E-state index in [1.54, 1.807) is 18.2 Å². The van der Waals surface area contributed by atoms with E-state index in [2.05, 4.69) is 29.4 Å². The second-order valence-corrected chi connectivity index (χ2v) is 7.42. The Labute approximate surface area is 166 Å². The summed E-state index contributed by atoms with van der Waals surface area (Å²) in [7, 11) is 0. The van der Waals surface area contributed by atoms with Gasteiger partial charge in [0.25, 0.3) is 11.6 Å². The maximum Gasteiger partial charge on any atom is 0.270 e. The van der Waals surface area contributed by atoms with E-state index < -0.39 is 4.92 Å². The third-order valence-electron chi connectivity index (χ3n) is 3.99. The molecule has 1 aliphatic heterocycles. The van der Waals surface area contributed by atoms with Crippen LogP contribution in [0.5, 0.6) is 0 Å². The number of amides is 1. The number of nitro benzene ring substituents is 1. The van der Waals surface area contributed by atoms with E-state index in [0.29, 0.717) is 21.6 Å². The quantitative estimate of drug-likeness (QED) is 0.354. The van der Waals surface area contributed by atoms with Crippen LogP contribution in [0, 0.1) is 10.1 Å². The van der Waals surface area contributed by atoms with E-state index in [-0.39, 0.29) is 11.6 Å². The van der Waals surface area contributed by atoms with Crippen molar-refractivity contribution in [3.05, 3.63) is 80.2 Å². The lowest BCUT2D eigenvalue weighted by Gasteiger charge is -2.04. The molecule has 1 amide bonds. The molecule has 0 saturated carbocycles. The molecule has 142 valence electrons. The Morgan fingerprint density at radius 2 is 1.89 bits per heavy atom. The number of non-ortho nitro benzene ring substituents is 1. The summed E-state index contributed by atoms with van der Waals surface area (Å²) in [5.41, 5.74) is 2.70. The van der Waals surface area contributed by atoms with Crippen molar-refractivity contribution in [3.8, 4) is 0 Å². The van der Waals surface area contributed by atoms with Gasteiger partial charge in [-0.05, 0) is 34.9 Å². The topological polar surface area (TPSA) is 97.0 Å². The van der Waals surface area contributed by atoms with Gasteiger partial charge in [-0.25, -0.2) is 0 Å². The van der Waals surface area contributed by atoms with Gasteiger partial charge < -0.3 is 0 Å². The zero-order chi connectivity index (χ0) is 20.1. The Hall–Kier alpha value is -3.26. The lowest BCUT2D eigenvalue weighted by atomic mass is 10.0. The van der Waals surface area contributed by atoms with Crippen molar-refractivity contribution in [2.45, 2.75) is 19.8 Å². The van der Waals surface area contributed by atoms with Gasteiger partial charge in [-0.1, -0.05) is 50.2 Å². The van der Waals surface area contributed by atoms with E-state index in [4.69, 9.17) is 0 Å². The number of hydrogen-bond donors (Lipinski definition) is 1. The van der Waals surface area contributed by atoms with E-state index in [1.807, 2.05) is 24.3 Å². The average molecular weight is 394 g/mol. The Balaban J connectivity index is 1.69. The van der Waals surface area contributed by atoms with Crippen molar-refractivity contribution in [1.82, 2.24) is 5.32 Å². The first-order chi connectivity index (χ1) is 13.4. The highest BCUT2D eigenvalue weighted by Crippen LogP contribution is 2.26. The molecule has 1 fully saturated rings. The van der Waals surface area contributed by atoms with E-state index in [9.17, 15) is 14.9 Å². The van der Waals surface area contributed by atoms with Gasteiger partial charge in [0.2, 0.25) is 0 Å². The Morgan fingerprint density at radius 1 is 1.14 bits per heavy atom. The number of thioether (sulfide) groups is 1. The molecule has 28 heavy (non-hydrogen) atoms. The van der Waals surface area contributed by atoms with Crippen LogP contribution in [0.1, 0.15) is 36.5 Å². The fourth-order valence-electron chi connectivity index (χ4n) is 2.47. The third kappa shape index (κ3) is 4.92. The molecule has 0 spiro atoms.